The van der Waals surface area contributed by atoms with Gasteiger partial charge < -0.3 is 5.32 Å². The summed E-state index contributed by atoms with van der Waals surface area (Å²) in [5, 5.41) is 11.0. The molecule has 0 bridgehead atoms. The summed E-state index contributed by atoms with van der Waals surface area (Å²) in [4.78, 5) is 12.3. The topological polar surface area (TPSA) is 57.8 Å². The number of hydrogen-bond donors (Lipinski definition) is 2. The van der Waals surface area contributed by atoms with Gasteiger partial charge in [-0.15, -0.1) is 0 Å². The zero-order valence-corrected chi connectivity index (χ0v) is 14.8. The Balaban J connectivity index is 1.73. The minimum absolute atomic E-state index is 0.0325. The standard InChI is InChI=1S/C22H20FN3O/c23-15-11-9-14(10-12-15)20-18(13-5-2-1-3-6-13)21-19-16(22(27)26-25-21)7-4-8-17(19)24-20/h1-3,5-6,9-12,17-18,20,24H,4,7-8H2,(H,26,27). The monoisotopic (exact) mass is 361 g/mol. The van der Waals surface area contributed by atoms with Crippen LogP contribution in [0.25, 0.3) is 0 Å². The van der Waals surface area contributed by atoms with Crippen LogP contribution in [0.2, 0.25) is 0 Å². The Morgan fingerprint density at radius 3 is 2.56 bits per heavy atom. The van der Waals surface area contributed by atoms with E-state index in [-0.39, 0.29) is 29.4 Å². The number of hydrogen-bond acceptors (Lipinski definition) is 3. The van der Waals surface area contributed by atoms with E-state index in [1.807, 2.05) is 30.3 Å². The number of nitrogens with one attached hydrogen (secondary N) is 2. The van der Waals surface area contributed by atoms with Gasteiger partial charge in [-0.2, -0.15) is 5.10 Å². The Bertz CT molecular complexity index is 1030. The van der Waals surface area contributed by atoms with Gasteiger partial charge in [-0.25, -0.2) is 9.49 Å². The molecule has 2 heterocycles. The molecule has 136 valence electrons. The number of rotatable bonds is 2. The average molecular weight is 361 g/mol. The molecule has 0 saturated heterocycles. The third kappa shape index (κ3) is 2.70. The Morgan fingerprint density at radius 2 is 1.78 bits per heavy atom. The molecule has 3 aromatic rings. The van der Waals surface area contributed by atoms with Crippen molar-refractivity contribution in [3.05, 3.63) is 98.7 Å². The third-order valence-corrected chi connectivity index (χ3v) is 5.82. The zero-order chi connectivity index (χ0) is 18.4. The molecule has 0 saturated carbocycles. The van der Waals surface area contributed by atoms with Crippen molar-refractivity contribution in [1.82, 2.24) is 15.5 Å². The lowest BCUT2D eigenvalue weighted by Gasteiger charge is -2.41. The molecule has 2 aliphatic rings. The molecule has 0 spiro atoms. The maximum absolute atomic E-state index is 13.5. The molecule has 0 amide bonds. The second-order valence-electron chi connectivity index (χ2n) is 7.36. The smallest absolute Gasteiger partial charge is 0.267 e. The molecule has 2 N–H and O–H groups in total. The van der Waals surface area contributed by atoms with Crippen molar-refractivity contribution < 1.29 is 4.39 Å². The molecule has 1 aliphatic carbocycles. The maximum Gasteiger partial charge on any atom is 0.267 e. The van der Waals surface area contributed by atoms with Crippen molar-refractivity contribution in [3.8, 4) is 0 Å². The third-order valence-electron chi connectivity index (χ3n) is 5.82. The summed E-state index contributed by atoms with van der Waals surface area (Å²) in [6.07, 6.45) is 2.74. The van der Waals surface area contributed by atoms with E-state index in [0.29, 0.717) is 0 Å². The summed E-state index contributed by atoms with van der Waals surface area (Å²) in [5.41, 5.74) is 4.95. The van der Waals surface area contributed by atoms with Crippen molar-refractivity contribution >= 4 is 0 Å². The lowest BCUT2D eigenvalue weighted by atomic mass is 9.74. The highest BCUT2D eigenvalue weighted by molar-refractivity contribution is 5.45. The molecule has 5 heteroatoms. The lowest BCUT2D eigenvalue weighted by Crippen LogP contribution is -2.42. The summed E-state index contributed by atoms with van der Waals surface area (Å²) < 4.78 is 13.5. The van der Waals surface area contributed by atoms with E-state index in [1.165, 1.54) is 12.1 Å². The first-order valence-corrected chi connectivity index (χ1v) is 9.40. The molecule has 27 heavy (non-hydrogen) atoms. The molecule has 4 nitrogen and oxygen atoms in total. The largest absolute Gasteiger partial charge is 0.302 e. The van der Waals surface area contributed by atoms with Crippen LogP contribution in [-0.4, -0.2) is 10.2 Å². The van der Waals surface area contributed by atoms with E-state index in [4.69, 9.17) is 0 Å². The zero-order valence-electron chi connectivity index (χ0n) is 14.8. The molecule has 2 aromatic carbocycles. The highest BCUT2D eigenvalue weighted by atomic mass is 19.1. The first kappa shape index (κ1) is 16.4. The van der Waals surface area contributed by atoms with Crippen LogP contribution in [-0.2, 0) is 6.42 Å². The highest BCUT2D eigenvalue weighted by Crippen LogP contribution is 2.46. The number of nitrogens with zero attached hydrogens (tertiary/aromatic N) is 1. The Morgan fingerprint density at radius 1 is 1.00 bits per heavy atom. The number of aromatic amines is 1. The van der Waals surface area contributed by atoms with Gasteiger partial charge in [0.25, 0.3) is 5.56 Å². The summed E-state index contributed by atoms with van der Waals surface area (Å²) in [6.45, 7) is 0. The van der Waals surface area contributed by atoms with E-state index in [0.717, 1.165) is 47.2 Å². The normalized spacial score (nSPS) is 23.7. The van der Waals surface area contributed by atoms with Crippen LogP contribution in [0.4, 0.5) is 4.39 Å². The molecule has 0 fully saturated rings. The van der Waals surface area contributed by atoms with Crippen molar-refractivity contribution in [3.63, 3.8) is 0 Å². The predicted octanol–water partition coefficient (Wildman–Crippen LogP) is 3.76. The van der Waals surface area contributed by atoms with E-state index in [9.17, 15) is 9.18 Å². The van der Waals surface area contributed by atoms with Crippen molar-refractivity contribution in [1.29, 1.82) is 0 Å². The number of benzene rings is 2. The molecule has 3 unspecified atom stereocenters. The van der Waals surface area contributed by atoms with Gasteiger partial charge in [-0.1, -0.05) is 42.5 Å². The minimum atomic E-state index is -0.242. The van der Waals surface area contributed by atoms with Gasteiger partial charge in [0, 0.05) is 29.1 Å². The summed E-state index contributed by atoms with van der Waals surface area (Å²) in [6, 6.07) is 16.9. The molecule has 1 aliphatic heterocycles. The quantitative estimate of drug-likeness (QED) is 0.731. The molecular formula is C22H20FN3O. The van der Waals surface area contributed by atoms with Gasteiger partial charge in [0.15, 0.2) is 0 Å². The van der Waals surface area contributed by atoms with Crippen LogP contribution in [0.1, 0.15) is 58.8 Å². The van der Waals surface area contributed by atoms with Crippen LogP contribution in [0.5, 0.6) is 0 Å². The summed E-state index contributed by atoms with van der Waals surface area (Å²) in [7, 11) is 0. The van der Waals surface area contributed by atoms with Gasteiger partial charge in [0.1, 0.15) is 5.82 Å². The van der Waals surface area contributed by atoms with Crippen molar-refractivity contribution in [2.75, 3.05) is 0 Å². The van der Waals surface area contributed by atoms with Crippen LogP contribution in [0.15, 0.2) is 59.4 Å². The van der Waals surface area contributed by atoms with Gasteiger partial charge in [0.2, 0.25) is 0 Å². The van der Waals surface area contributed by atoms with Gasteiger partial charge in [0.05, 0.1) is 5.69 Å². The summed E-state index contributed by atoms with van der Waals surface area (Å²) >= 11 is 0. The van der Waals surface area contributed by atoms with Crippen LogP contribution in [0, 0.1) is 5.82 Å². The molecule has 1 aromatic heterocycles. The SMILES string of the molecule is O=c1[nH]nc2c3c1CCCC3NC(c1ccc(F)cc1)C2c1ccccc1. The van der Waals surface area contributed by atoms with Crippen LogP contribution < -0.4 is 10.9 Å². The second-order valence-corrected chi connectivity index (χ2v) is 7.36. The molecule has 5 rings (SSSR count). The first-order valence-electron chi connectivity index (χ1n) is 9.40. The van der Waals surface area contributed by atoms with Crippen LogP contribution >= 0.6 is 0 Å². The van der Waals surface area contributed by atoms with Gasteiger partial charge in [-0.05, 0) is 42.5 Å². The average Bonchev–Trinajstić information content (AvgIpc) is 2.71. The minimum Gasteiger partial charge on any atom is -0.302 e. The Labute approximate surface area is 156 Å². The highest BCUT2D eigenvalue weighted by Gasteiger charge is 2.40. The van der Waals surface area contributed by atoms with E-state index in [2.05, 4.69) is 27.6 Å². The first-order chi connectivity index (χ1) is 13.2. The number of H-pyrrole nitrogens is 1. The Kier molecular flexibility index (Phi) is 3.90. The van der Waals surface area contributed by atoms with E-state index < -0.39 is 0 Å². The van der Waals surface area contributed by atoms with Crippen molar-refractivity contribution in [2.24, 2.45) is 0 Å². The fourth-order valence-corrected chi connectivity index (χ4v) is 4.62. The fourth-order valence-electron chi connectivity index (χ4n) is 4.62. The number of aromatic nitrogens is 2. The fraction of sp³-hybridized carbons (Fsp3) is 0.273. The van der Waals surface area contributed by atoms with E-state index in [1.54, 1.807) is 0 Å². The lowest BCUT2D eigenvalue weighted by molar-refractivity contribution is 0.336. The maximum atomic E-state index is 13.5. The number of halogens is 1. The summed E-state index contributed by atoms with van der Waals surface area (Å²) in [5.74, 6) is -0.287. The van der Waals surface area contributed by atoms with Crippen LogP contribution in [0.3, 0.4) is 0 Å². The second kappa shape index (κ2) is 6.43. The van der Waals surface area contributed by atoms with Crippen molar-refractivity contribution in [2.45, 2.75) is 37.3 Å². The molecule has 0 radical (unpaired) electrons. The Hall–Kier alpha value is -2.79. The van der Waals surface area contributed by atoms with E-state index >= 15 is 0 Å². The van der Waals surface area contributed by atoms with Gasteiger partial charge in [-0.3, -0.25) is 4.79 Å². The molecule has 3 atom stereocenters. The predicted molar refractivity (Wildman–Crippen MR) is 101 cm³/mol. The van der Waals surface area contributed by atoms with Gasteiger partial charge >= 0.3 is 0 Å². The molecular weight excluding hydrogens is 341 g/mol.